The van der Waals surface area contributed by atoms with Crippen molar-refractivity contribution >= 4 is 23.1 Å². The van der Waals surface area contributed by atoms with Crippen LogP contribution in [0.5, 0.6) is 5.75 Å². The third-order valence-corrected chi connectivity index (χ3v) is 5.86. The molecule has 2 aromatic carbocycles. The van der Waals surface area contributed by atoms with E-state index in [0.717, 1.165) is 22.6 Å². The molecule has 0 bridgehead atoms. The summed E-state index contributed by atoms with van der Waals surface area (Å²) >= 11 is 0. The molecule has 1 atom stereocenters. The first-order valence-electron chi connectivity index (χ1n) is 11.2. The maximum Gasteiger partial charge on any atom is 0.300 e. The lowest BCUT2D eigenvalue weighted by atomic mass is 9.95. The lowest BCUT2D eigenvalue weighted by molar-refractivity contribution is -0.132. The lowest BCUT2D eigenvalue weighted by Gasteiger charge is -2.23. The van der Waals surface area contributed by atoms with Gasteiger partial charge in [0.05, 0.1) is 12.2 Å². The number of carbonyl (C=O) groups is 2. The van der Waals surface area contributed by atoms with Gasteiger partial charge in [0, 0.05) is 17.3 Å². The first-order chi connectivity index (χ1) is 16.6. The third kappa shape index (κ3) is 4.32. The predicted molar refractivity (Wildman–Crippen MR) is 126 cm³/mol. The number of aryl methyl sites for hydroxylation is 1. The fourth-order valence-corrected chi connectivity index (χ4v) is 4.19. The van der Waals surface area contributed by atoms with Gasteiger partial charge < -0.3 is 14.3 Å². The number of benzene rings is 2. The first kappa shape index (κ1) is 24.2. The molecule has 0 radical (unpaired) electrons. The van der Waals surface area contributed by atoms with Gasteiger partial charge in [-0.3, -0.25) is 14.5 Å². The number of halogens is 2. The van der Waals surface area contributed by atoms with E-state index in [4.69, 9.17) is 9.15 Å². The number of hydrogen-bond acceptors (Lipinski definition) is 5. The average molecular weight is 481 g/mol. The number of rotatable bonds is 6. The van der Waals surface area contributed by atoms with Crippen LogP contribution >= 0.6 is 0 Å². The summed E-state index contributed by atoms with van der Waals surface area (Å²) in [6.07, 6.45) is 0. The number of Topliss-reactive ketones (excluding diaryl/α,β-unsaturated/α-hetero) is 1. The second kappa shape index (κ2) is 9.37. The molecule has 4 rings (SSSR count). The zero-order valence-corrected chi connectivity index (χ0v) is 19.8. The molecule has 8 heteroatoms. The Kier molecular flexibility index (Phi) is 6.47. The molecule has 6 nitrogen and oxygen atoms in total. The van der Waals surface area contributed by atoms with Crippen molar-refractivity contribution in [2.45, 2.75) is 39.7 Å². The molecule has 3 aromatic rings. The molecular weight excluding hydrogens is 456 g/mol. The first-order valence-corrected chi connectivity index (χ1v) is 11.2. The highest BCUT2D eigenvalue weighted by Gasteiger charge is 2.48. The lowest BCUT2D eigenvalue weighted by Crippen LogP contribution is -2.29. The molecule has 1 aromatic heterocycles. The number of ether oxygens (including phenoxy) is 1. The van der Waals surface area contributed by atoms with E-state index in [-0.39, 0.29) is 22.9 Å². The molecule has 1 aliphatic heterocycles. The van der Waals surface area contributed by atoms with Crippen LogP contribution in [0, 0.1) is 18.6 Å². The summed E-state index contributed by atoms with van der Waals surface area (Å²) in [6, 6.07) is 9.95. The van der Waals surface area contributed by atoms with Crippen LogP contribution in [0.2, 0.25) is 0 Å². The topological polar surface area (TPSA) is 80.0 Å². The Morgan fingerprint density at radius 2 is 1.83 bits per heavy atom. The molecule has 1 aliphatic rings. The van der Waals surface area contributed by atoms with Crippen molar-refractivity contribution in [3.8, 4) is 5.75 Å². The number of carbonyl (C=O) groups excluding carboxylic acids is 2. The molecular formula is C27H25F2NO5. The zero-order valence-electron chi connectivity index (χ0n) is 19.8. The molecule has 1 N–H and O–H groups in total. The maximum absolute atomic E-state index is 14.0. The van der Waals surface area contributed by atoms with Crippen molar-refractivity contribution in [3.63, 3.8) is 0 Å². The maximum atomic E-state index is 14.0. The minimum Gasteiger partial charge on any atom is -0.507 e. The van der Waals surface area contributed by atoms with E-state index in [0.29, 0.717) is 23.7 Å². The minimum atomic E-state index is -1.18. The highest BCUT2D eigenvalue weighted by molar-refractivity contribution is 6.51. The fraction of sp³-hybridized carbons (Fsp3) is 0.259. The molecule has 1 saturated heterocycles. The summed E-state index contributed by atoms with van der Waals surface area (Å²) in [7, 11) is 0. The van der Waals surface area contributed by atoms with Crippen molar-refractivity contribution in [2.75, 3.05) is 11.5 Å². The van der Waals surface area contributed by atoms with Gasteiger partial charge in [0.25, 0.3) is 11.7 Å². The third-order valence-electron chi connectivity index (χ3n) is 5.86. The Morgan fingerprint density at radius 1 is 1.09 bits per heavy atom. The monoisotopic (exact) mass is 481 g/mol. The molecule has 1 amide bonds. The predicted octanol–water partition coefficient (Wildman–Crippen LogP) is 6.01. The standard InChI is InChI=1S/C27H25F2NO5/c1-5-34-21-11-7-16(12-18(21)14(2)3)25(31)23-24(22-10-6-15(4)35-22)30(27(33)26(23)32)17-8-9-19(28)20(29)13-17/h6-14,24,31H,5H2,1-4H3/b25-23-. The number of aliphatic hydroxyl groups is 1. The second-order valence-electron chi connectivity index (χ2n) is 8.56. The van der Waals surface area contributed by atoms with Crippen LogP contribution in [0.25, 0.3) is 5.76 Å². The SMILES string of the molecule is CCOc1ccc(/C(O)=C2/C(=O)C(=O)N(c3ccc(F)c(F)c3)C2c2ccc(C)o2)cc1C(C)C. The summed E-state index contributed by atoms with van der Waals surface area (Å²) in [5.41, 5.74) is 0.872. The number of aliphatic hydroxyl groups excluding tert-OH is 1. The van der Waals surface area contributed by atoms with Crippen molar-refractivity contribution < 1.29 is 32.6 Å². The van der Waals surface area contributed by atoms with Crippen LogP contribution in [-0.2, 0) is 9.59 Å². The van der Waals surface area contributed by atoms with Crippen molar-refractivity contribution in [2.24, 2.45) is 0 Å². The van der Waals surface area contributed by atoms with Gasteiger partial charge in [0.2, 0.25) is 0 Å². The fourth-order valence-electron chi connectivity index (χ4n) is 4.19. The normalized spacial score (nSPS) is 17.5. The Morgan fingerprint density at radius 3 is 2.43 bits per heavy atom. The molecule has 1 unspecified atom stereocenters. The van der Waals surface area contributed by atoms with E-state index in [1.54, 1.807) is 37.3 Å². The van der Waals surface area contributed by atoms with E-state index in [1.165, 1.54) is 6.07 Å². The van der Waals surface area contributed by atoms with Gasteiger partial charge in [-0.25, -0.2) is 8.78 Å². The number of amides is 1. The number of hydrogen-bond donors (Lipinski definition) is 1. The number of anilines is 1. The van der Waals surface area contributed by atoms with Crippen molar-refractivity contribution in [3.05, 3.63) is 88.4 Å². The Balaban J connectivity index is 1.92. The number of furan rings is 1. The zero-order chi connectivity index (χ0) is 25.4. The number of ketones is 1. The second-order valence-corrected chi connectivity index (χ2v) is 8.56. The average Bonchev–Trinajstić information content (AvgIpc) is 3.36. The Hall–Kier alpha value is -3.94. The molecule has 0 saturated carbocycles. The largest absolute Gasteiger partial charge is 0.507 e. The van der Waals surface area contributed by atoms with Crippen LogP contribution in [0.4, 0.5) is 14.5 Å². The Labute approximate surface area is 201 Å². The smallest absolute Gasteiger partial charge is 0.300 e. The van der Waals surface area contributed by atoms with Crippen LogP contribution in [-0.4, -0.2) is 23.4 Å². The van der Waals surface area contributed by atoms with Gasteiger partial charge in [-0.05, 0) is 67.8 Å². The minimum absolute atomic E-state index is 0.0429. The van der Waals surface area contributed by atoms with Gasteiger partial charge in [0.1, 0.15) is 29.1 Å². The van der Waals surface area contributed by atoms with Gasteiger partial charge in [-0.2, -0.15) is 0 Å². The quantitative estimate of drug-likeness (QED) is 0.265. The molecule has 35 heavy (non-hydrogen) atoms. The van der Waals surface area contributed by atoms with E-state index >= 15 is 0 Å². The van der Waals surface area contributed by atoms with Gasteiger partial charge >= 0.3 is 0 Å². The Bertz CT molecular complexity index is 1340. The van der Waals surface area contributed by atoms with Crippen LogP contribution < -0.4 is 9.64 Å². The van der Waals surface area contributed by atoms with Crippen LogP contribution in [0.3, 0.4) is 0 Å². The highest BCUT2D eigenvalue weighted by Crippen LogP contribution is 2.43. The van der Waals surface area contributed by atoms with E-state index in [1.807, 2.05) is 20.8 Å². The summed E-state index contributed by atoms with van der Waals surface area (Å²) in [5.74, 6) is -3.22. The highest BCUT2D eigenvalue weighted by atomic mass is 19.2. The molecule has 0 spiro atoms. The van der Waals surface area contributed by atoms with Gasteiger partial charge in [0.15, 0.2) is 11.6 Å². The molecule has 182 valence electrons. The van der Waals surface area contributed by atoms with Crippen LogP contribution in [0.15, 0.2) is 58.5 Å². The number of nitrogens with zero attached hydrogens (tertiary/aromatic N) is 1. The van der Waals surface area contributed by atoms with Gasteiger partial charge in [-0.15, -0.1) is 0 Å². The van der Waals surface area contributed by atoms with Crippen molar-refractivity contribution in [1.82, 2.24) is 0 Å². The molecule has 2 heterocycles. The van der Waals surface area contributed by atoms with E-state index in [2.05, 4.69) is 0 Å². The van der Waals surface area contributed by atoms with Crippen molar-refractivity contribution in [1.29, 1.82) is 0 Å². The van der Waals surface area contributed by atoms with E-state index in [9.17, 15) is 23.5 Å². The molecule has 0 aliphatic carbocycles. The summed E-state index contributed by atoms with van der Waals surface area (Å²) in [5, 5.41) is 11.3. The summed E-state index contributed by atoms with van der Waals surface area (Å²) in [4.78, 5) is 27.3. The summed E-state index contributed by atoms with van der Waals surface area (Å²) in [6.45, 7) is 7.95. The van der Waals surface area contributed by atoms with E-state index < -0.39 is 35.1 Å². The molecule has 1 fully saturated rings. The summed E-state index contributed by atoms with van der Waals surface area (Å²) < 4.78 is 39.0. The van der Waals surface area contributed by atoms with Crippen LogP contribution in [0.1, 0.15) is 55.4 Å². The van der Waals surface area contributed by atoms with Gasteiger partial charge in [-0.1, -0.05) is 13.8 Å².